The lowest BCUT2D eigenvalue weighted by atomic mass is 10.1. The summed E-state index contributed by atoms with van der Waals surface area (Å²) in [4.78, 5) is 40.6. The molecule has 1 aromatic heterocycles. The molecule has 2 heterocycles. The molecule has 10 heteroatoms. The molecule has 3 amide bonds. The number of aromatic nitrogens is 2. The largest absolute Gasteiger partial charge is 0.399 e. The lowest BCUT2D eigenvalue weighted by Gasteiger charge is -2.35. The summed E-state index contributed by atoms with van der Waals surface area (Å²) in [5.41, 5.74) is 11.8. The first-order valence-electron chi connectivity index (χ1n) is 14.3. The second-order valence-corrected chi connectivity index (χ2v) is 10.5. The van der Waals surface area contributed by atoms with Gasteiger partial charge in [0, 0.05) is 41.4 Å². The fourth-order valence-corrected chi connectivity index (χ4v) is 4.44. The van der Waals surface area contributed by atoms with Crippen LogP contribution in [0.1, 0.15) is 40.9 Å². The molecule has 3 aromatic carbocycles. The lowest BCUT2D eigenvalue weighted by molar-refractivity contribution is 0.102. The van der Waals surface area contributed by atoms with Crippen molar-refractivity contribution in [3.8, 4) is 0 Å². The predicted octanol–water partition coefficient (Wildman–Crippen LogP) is 6.21. The number of hydrogen-bond donors (Lipinski definition) is 3. The van der Waals surface area contributed by atoms with E-state index in [1.54, 1.807) is 36.3 Å². The van der Waals surface area contributed by atoms with E-state index in [1.165, 1.54) is 4.90 Å². The SMILES string of the molecule is CCN(C)CC.Cc1cccc(C(=O)Nc2ccc(C)c(N3Cc4cnc(Nc5ccc(N)cc5)nc4N(C)C3=O)c2)c1. The van der Waals surface area contributed by atoms with E-state index in [1.807, 2.05) is 62.4 Å². The van der Waals surface area contributed by atoms with E-state index in [2.05, 4.69) is 46.4 Å². The molecule has 0 bridgehead atoms. The fraction of sp³-hybridized carbons (Fsp3) is 0.273. The molecule has 1 aliphatic rings. The maximum atomic E-state index is 13.4. The van der Waals surface area contributed by atoms with Gasteiger partial charge in [-0.25, -0.2) is 9.78 Å². The molecule has 10 nitrogen and oxygen atoms in total. The Bertz CT molecular complexity index is 1580. The Labute approximate surface area is 253 Å². The third kappa shape index (κ3) is 7.66. The van der Waals surface area contributed by atoms with Crippen molar-refractivity contribution in [1.82, 2.24) is 14.9 Å². The van der Waals surface area contributed by atoms with Crippen molar-refractivity contribution < 1.29 is 9.59 Å². The predicted molar refractivity (Wildman–Crippen MR) is 175 cm³/mol. The third-order valence-corrected chi connectivity index (χ3v) is 7.29. The minimum Gasteiger partial charge on any atom is -0.399 e. The number of hydrogen-bond acceptors (Lipinski definition) is 7. The van der Waals surface area contributed by atoms with Gasteiger partial charge >= 0.3 is 6.03 Å². The zero-order valence-corrected chi connectivity index (χ0v) is 25.7. The summed E-state index contributed by atoms with van der Waals surface area (Å²) in [6, 6.07) is 20.0. The molecule has 0 aliphatic carbocycles. The molecule has 0 radical (unpaired) electrons. The van der Waals surface area contributed by atoms with Gasteiger partial charge < -0.3 is 21.3 Å². The quantitative estimate of drug-likeness (QED) is 0.223. The van der Waals surface area contributed by atoms with Crippen molar-refractivity contribution in [2.45, 2.75) is 34.2 Å². The van der Waals surface area contributed by atoms with Gasteiger partial charge in [0.15, 0.2) is 0 Å². The number of nitrogens with two attached hydrogens (primary N) is 1. The van der Waals surface area contributed by atoms with Gasteiger partial charge in [-0.05, 0) is 88.1 Å². The average Bonchev–Trinajstić information content (AvgIpc) is 3.01. The summed E-state index contributed by atoms with van der Waals surface area (Å²) in [6.45, 7) is 10.8. The summed E-state index contributed by atoms with van der Waals surface area (Å²) in [5.74, 6) is 0.713. The van der Waals surface area contributed by atoms with E-state index in [0.29, 0.717) is 40.9 Å². The van der Waals surface area contributed by atoms with Crippen LogP contribution in [0.25, 0.3) is 0 Å². The van der Waals surface area contributed by atoms with Crippen LogP contribution >= 0.6 is 0 Å². The van der Waals surface area contributed by atoms with Crippen LogP contribution in [0.15, 0.2) is 72.9 Å². The molecule has 43 heavy (non-hydrogen) atoms. The van der Waals surface area contributed by atoms with Gasteiger partial charge in [-0.2, -0.15) is 4.98 Å². The molecule has 0 saturated carbocycles. The number of nitrogen functional groups attached to an aromatic ring is 1. The van der Waals surface area contributed by atoms with Gasteiger partial charge in [0.05, 0.1) is 12.2 Å². The van der Waals surface area contributed by atoms with Gasteiger partial charge in [-0.15, -0.1) is 0 Å². The number of nitrogens with zero attached hydrogens (tertiary/aromatic N) is 5. The highest BCUT2D eigenvalue weighted by atomic mass is 16.2. The minimum absolute atomic E-state index is 0.208. The van der Waals surface area contributed by atoms with E-state index in [9.17, 15) is 9.59 Å². The summed E-state index contributed by atoms with van der Waals surface area (Å²) in [7, 11) is 3.80. The van der Waals surface area contributed by atoms with E-state index < -0.39 is 0 Å². The highest BCUT2D eigenvalue weighted by Gasteiger charge is 2.31. The normalized spacial score (nSPS) is 12.4. The molecular weight excluding hydrogens is 540 g/mol. The highest BCUT2D eigenvalue weighted by Crippen LogP contribution is 2.33. The number of urea groups is 1. The van der Waals surface area contributed by atoms with Gasteiger partial charge in [0.1, 0.15) is 5.82 Å². The molecular formula is C33H40N8O2. The number of fused-ring (bicyclic) bond motifs is 1. The second-order valence-electron chi connectivity index (χ2n) is 10.5. The van der Waals surface area contributed by atoms with Gasteiger partial charge in [-0.1, -0.05) is 37.6 Å². The van der Waals surface area contributed by atoms with Crippen LogP contribution in [-0.2, 0) is 6.54 Å². The average molecular weight is 581 g/mol. The first kappa shape index (κ1) is 31.0. The zero-order valence-electron chi connectivity index (χ0n) is 25.7. The van der Waals surface area contributed by atoms with E-state index >= 15 is 0 Å². The van der Waals surface area contributed by atoms with Crippen molar-refractivity contribution in [1.29, 1.82) is 0 Å². The van der Waals surface area contributed by atoms with Crippen LogP contribution in [-0.4, -0.2) is 54.0 Å². The Morgan fingerprint density at radius 3 is 2.35 bits per heavy atom. The van der Waals surface area contributed by atoms with Crippen molar-refractivity contribution in [2.24, 2.45) is 0 Å². The molecule has 5 rings (SSSR count). The Kier molecular flexibility index (Phi) is 9.95. The maximum Gasteiger partial charge on any atom is 0.330 e. The maximum absolute atomic E-state index is 13.4. The van der Waals surface area contributed by atoms with Crippen molar-refractivity contribution in [2.75, 3.05) is 53.4 Å². The van der Waals surface area contributed by atoms with Gasteiger partial charge in [0.2, 0.25) is 5.95 Å². The standard InChI is InChI=1S/C28H27N7O2.C5H13N/c1-17-5-4-6-19(13-17)26(36)31-23-10-7-18(2)24(14-23)35-16-20-15-30-27(33-25(20)34(3)28(35)37)32-22-11-8-21(29)9-12-22;1-4-6(3)5-2/h4-15H,16,29H2,1-3H3,(H,31,36)(H,30,32,33);4-5H2,1-3H3. The smallest absolute Gasteiger partial charge is 0.330 e. The van der Waals surface area contributed by atoms with E-state index in [4.69, 9.17) is 5.73 Å². The number of carbonyl (C=O) groups excluding carboxylic acids is 2. The summed E-state index contributed by atoms with van der Waals surface area (Å²) < 4.78 is 0. The number of benzene rings is 3. The number of amides is 3. The molecule has 224 valence electrons. The Balaban J connectivity index is 0.000000641. The van der Waals surface area contributed by atoms with E-state index in [-0.39, 0.29) is 11.9 Å². The monoisotopic (exact) mass is 580 g/mol. The summed E-state index contributed by atoms with van der Waals surface area (Å²) in [6.07, 6.45) is 1.72. The molecule has 0 fully saturated rings. The third-order valence-electron chi connectivity index (χ3n) is 7.29. The zero-order chi connectivity index (χ0) is 31.1. The Morgan fingerprint density at radius 2 is 1.70 bits per heavy atom. The fourth-order valence-electron chi connectivity index (χ4n) is 4.44. The minimum atomic E-state index is -0.227. The number of nitrogens with one attached hydrogen (secondary N) is 2. The van der Waals surface area contributed by atoms with Crippen molar-refractivity contribution >= 4 is 46.5 Å². The number of anilines is 6. The molecule has 0 spiro atoms. The van der Waals surface area contributed by atoms with Crippen LogP contribution in [0.4, 0.5) is 39.3 Å². The first-order valence-corrected chi connectivity index (χ1v) is 14.3. The van der Waals surface area contributed by atoms with Crippen LogP contribution in [0.5, 0.6) is 0 Å². The Morgan fingerprint density at radius 1 is 1.00 bits per heavy atom. The molecule has 4 aromatic rings. The van der Waals surface area contributed by atoms with Crippen molar-refractivity contribution in [3.63, 3.8) is 0 Å². The second kappa shape index (κ2) is 13.8. The van der Waals surface area contributed by atoms with Crippen LogP contribution < -0.4 is 26.2 Å². The topological polar surface area (TPSA) is 120 Å². The number of rotatable bonds is 7. The van der Waals surface area contributed by atoms with Crippen molar-refractivity contribution in [3.05, 3.63) is 95.2 Å². The number of aryl methyl sites for hydroxylation is 2. The molecule has 0 atom stereocenters. The van der Waals surface area contributed by atoms with Gasteiger partial charge in [-0.3, -0.25) is 14.6 Å². The molecule has 4 N–H and O–H groups in total. The van der Waals surface area contributed by atoms with Crippen LogP contribution in [0.3, 0.4) is 0 Å². The summed E-state index contributed by atoms with van der Waals surface area (Å²) >= 11 is 0. The van der Waals surface area contributed by atoms with Crippen LogP contribution in [0, 0.1) is 13.8 Å². The summed E-state index contributed by atoms with van der Waals surface area (Å²) in [5, 5.41) is 6.08. The van der Waals surface area contributed by atoms with Crippen LogP contribution in [0.2, 0.25) is 0 Å². The highest BCUT2D eigenvalue weighted by molar-refractivity contribution is 6.07. The Hall–Kier alpha value is -4.96. The first-order chi connectivity index (χ1) is 20.6. The molecule has 0 saturated heterocycles. The number of carbonyl (C=O) groups is 2. The van der Waals surface area contributed by atoms with E-state index in [0.717, 1.165) is 35.5 Å². The molecule has 1 aliphatic heterocycles. The van der Waals surface area contributed by atoms with Gasteiger partial charge in [0.25, 0.3) is 5.91 Å². The lowest BCUT2D eigenvalue weighted by Crippen LogP contribution is -2.46. The molecule has 0 unspecified atom stereocenters.